The number of rotatable bonds is 4. The first-order valence-electron chi connectivity index (χ1n) is 6.76. The number of anilines is 1. The van der Waals surface area contributed by atoms with Crippen LogP contribution in [0.5, 0.6) is 0 Å². The lowest BCUT2D eigenvalue weighted by Gasteiger charge is -2.10. The van der Waals surface area contributed by atoms with Crippen molar-refractivity contribution in [2.45, 2.75) is 22.8 Å². The Morgan fingerprint density at radius 2 is 1.83 bits per heavy atom. The minimum absolute atomic E-state index is 0.0460. The van der Waals surface area contributed by atoms with Gasteiger partial charge >= 0.3 is 0 Å². The van der Waals surface area contributed by atoms with Crippen LogP contribution in [0.1, 0.15) is 12.5 Å². The molecule has 0 spiro atoms. The van der Waals surface area contributed by atoms with E-state index in [2.05, 4.69) is 5.32 Å². The van der Waals surface area contributed by atoms with Gasteiger partial charge in [0.2, 0.25) is 15.7 Å². The van der Waals surface area contributed by atoms with E-state index in [-0.39, 0.29) is 9.79 Å². The second-order valence-electron chi connectivity index (χ2n) is 4.95. The highest BCUT2D eigenvalue weighted by molar-refractivity contribution is 7.91. The summed E-state index contributed by atoms with van der Waals surface area (Å²) in [4.78, 5) is 11.7. The van der Waals surface area contributed by atoms with Gasteiger partial charge in [-0.3, -0.25) is 4.79 Å². The predicted molar refractivity (Wildman–Crippen MR) is 85.3 cm³/mol. The van der Waals surface area contributed by atoms with E-state index >= 15 is 0 Å². The van der Waals surface area contributed by atoms with Gasteiger partial charge in [-0.15, -0.1) is 0 Å². The molecule has 2 aromatic rings. The summed E-state index contributed by atoms with van der Waals surface area (Å²) in [7, 11) is -3.73. The van der Waals surface area contributed by atoms with E-state index in [1.165, 1.54) is 49.4 Å². The van der Waals surface area contributed by atoms with Crippen LogP contribution in [-0.4, -0.2) is 20.4 Å². The molecule has 0 aliphatic rings. The first-order chi connectivity index (χ1) is 10.8. The number of benzene rings is 2. The Morgan fingerprint density at radius 3 is 2.39 bits per heavy atom. The second kappa shape index (κ2) is 6.60. The summed E-state index contributed by atoms with van der Waals surface area (Å²) in [6, 6.07) is 12.8. The lowest BCUT2D eigenvalue weighted by Crippen LogP contribution is -2.32. The molecule has 1 unspecified atom stereocenters. The minimum atomic E-state index is -3.73. The quantitative estimate of drug-likeness (QED) is 0.886. The Labute approximate surface area is 134 Å². The number of nitriles is 1. The van der Waals surface area contributed by atoms with Gasteiger partial charge in [0, 0.05) is 5.69 Å². The van der Waals surface area contributed by atoms with E-state index < -0.39 is 21.8 Å². The Kier molecular flexibility index (Phi) is 4.79. The topological polar surface area (TPSA) is 113 Å². The van der Waals surface area contributed by atoms with E-state index in [1.807, 2.05) is 6.07 Å². The molecule has 0 radical (unpaired) electrons. The van der Waals surface area contributed by atoms with Gasteiger partial charge in [-0.1, -0.05) is 6.07 Å². The Balaban J connectivity index is 2.36. The molecular weight excluding hydrogens is 314 g/mol. The number of nitrogens with zero attached hydrogens (tertiary/aromatic N) is 1. The predicted octanol–water partition coefficient (Wildman–Crippen LogP) is 1.68. The Hall–Kier alpha value is -2.69. The molecule has 0 saturated heterocycles. The van der Waals surface area contributed by atoms with Crippen LogP contribution in [-0.2, 0) is 14.6 Å². The average Bonchev–Trinajstić information content (AvgIpc) is 2.55. The molecule has 2 aromatic carbocycles. The number of carbonyl (C=O) groups is 1. The molecule has 0 bridgehead atoms. The molecule has 0 heterocycles. The van der Waals surface area contributed by atoms with Crippen LogP contribution < -0.4 is 11.1 Å². The van der Waals surface area contributed by atoms with Crippen LogP contribution >= 0.6 is 0 Å². The van der Waals surface area contributed by atoms with Crippen LogP contribution in [0.15, 0.2) is 58.3 Å². The van der Waals surface area contributed by atoms with Crippen molar-refractivity contribution in [3.63, 3.8) is 0 Å². The molecule has 2 rings (SSSR count). The molecule has 0 aromatic heterocycles. The van der Waals surface area contributed by atoms with Gasteiger partial charge in [0.15, 0.2) is 0 Å². The van der Waals surface area contributed by atoms with Crippen molar-refractivity contribution in [2.75, 3.05) is 5.32 Å². The standard InChI is InChI=1S/C16H15N3O3S/c1-11(18)16(20)19-13-3-2-4-15(9-13)23(21,22)14-7-5-12(10-17)6-8-14/h2-9,11H,18H2,1H3,(H,19,20). The van der Waals surface area contributed by atoms with E-state index in [1.54, 1.807) is 6.07 Å². The fourth-order valence-electron chi connectivity index (χ4n) is 1.84. The molecular formula is C16H15N3O3S. The summed E-state index contributed by atoms with van der Waals surface area (Å²) >= 11 is 0. The van der Waals surface area contributed by atoms with Crippen molar-refractivity contribution in [3.8, 4) is 6.07 Å². The third-order valence-corrected chi connectivity index (χ3v) is 4.89. The van der Waals surface area contributed by atoms with Gasteiger partial charge in [-0.2, -0.15) is 5.26 Å². The van der Waals surface area contributed by atoms with Crippen molar-refractivity contribution < 1.29 is 13.2 Å². The van der Waals surface area contributed by atoms with Crippen molar-refractivity contribution >= 4 is 21.4 Å². The van der Waals surface area contributed by atoms with Gasteiger partial charge in [0.05, 0.1) is 27.5 Å². The molecule has 3 N–H and O–H groups in total. The minimum Gasteiger partial charge on any atom is -0.325 e. The highest BCUT2D eigenvalue weighted by atomic mass is 32.2. The van der Waals surface area contributed by atoms with Crippen LogP contribution in [0.4, 0.5) is 5.69 Å². The molecule has 7 heteroatoms. The molecule has 118 valence electrons. The van der Waals surface area contributed by atoms with Crippen molar-refractivity contribution in [1.82, 2.24) is 0 Å². The van der Waals surface area contributed by atoms with Gasteiger partial charge in [0.1, 0.15) is 0 Å². The van der Waals surface area contributed by atoms with E-state index in [4.69, 9.17) is 11.0 Å². The number of sulfone groups is 1. The second-order valence-corrected chi connectivity index (χ2v) is 6.90. The third kappa shape index (κ3) is 3.74. The summed E-state index contributed by atoms with van der Waals surface area (Å²) in [5.74, 6) is -0.405. The largest absolute Gasteiger partial charge is 0.325 e. The fraction of sp³-hybridized carbons (Fsp3) is 0.125. The van der Waals surface area contributed by atoms with E-state index in [0.717, 1.165) is 0 Å². The average molecular weight is 329 g/mol. The third-order valence-electron chi connectivity index (χ3n) is 3.12. The first-order valence-corrected chi connectivity index (χ1v) is 8.24. The summed E-state index contributed by atoms with van der Waals surface area (Å²) in [6.07, 6.45) is 0. The zero-order valence-electron chi connectivity index (χ0n) is 12.4. The maximum absolute atomic E-state index is 12.6. The normalized spacial score (nSPS) is 12.2. The maximum Gasteiger partial charge on any atom is 0.240 e. The lowest BCUT2D eigenvalue weighted by atomic mass is 10.2. The molecule has 23 heavy (non-hydrogen) atoms. The van der Waals surface area contributed by atoms with Crippen molar-refractivity contribution in [3.05, 3.63) is 54.1 Å². The Morgan fingerprint density at radius 1 is 1.17 bits per heavy atom. The molecule has 0 saturated carbocycles. The number of amides is 1. The summed E-state index contributed by atoms with van der Waals surface area (Å²) < 4.78 is 25.2. The fourth-order valence-corrected chi connectivity index (χ4v) is 3.15. The summed E-state index contributed by atoms with van der Waals surface area (Å²) in [5.41, 5.74) is 6.20. The molecule has 6 nitrogen and oxygen atoms in total. The zero-order chi connectivity index (χ0) is 17.0. The Bertz CT molecular complexity index is 866. The number of nitrogens with two attached hydrogens (primary N) is 1. The molecule has 0 fully saturated rings. The smallest absolute Gasteiger partial charge is 0.240 e. The number of nitrogens with one attached hydrogen (secondary N) is 1. The number of carbonyl (C=O) groups excluding carboxylic acids is 1. The highest BCUT2D eigenvalue weighted by Gasteiger charge is 2.18. The molecule has 1 atom stereocenters. The van der Waals surface area contributed by atoms with Crippen LogP contribution in [0.25, 0.3) is 0 Å². The van der Waals surface area contributed by atoms with Crippen molar-refractivity contribution in [1.29, 1.82) is 5.26 Å². The number of hydrogen-bond acceptors (Lipinski definition) is 5. The van der Waals surface area contributed by atoms with Crippen LogP contribution in [0, 0.1) is 11.3 Å². The van der Waals surface area contributed by atoms with Crippen LogP contribution in [0.3, 0.4) is 0 Å². The maximum atomic E-state index is 12.6. The molecule has 1 amide bonds. The zero-order valence-corrected chi connectivity index (χ0v) is 13.2. The van der Waals surface area contributed by atoms with Crippen LogP contribution in [0.2, 0.25) is 0 Å². The number of hydrogen-bond donors (Lipinski definition) is 2. The van der Waals surface area contributed by atoms with Crippen molar-refractivity contribution in [2.24, 2.45) is 5.73 Å². The molecule has 0 aliphatic heterocycles. The monoisotopic (exact) mass is 329 g/mol. The van der Waals surface area contributed by atoms with Gasteiger partial charge in [0.25, 0.3) is 0 Å². The van der Waals surface area contributed by atoms with E-state index in [0.29, 0.717) is 11.3 Å². The van der Waals surface area contributed by atoms with Gasteiger partial charge in [-0.25, -0.2) is 8.42 Å². The highest BCUT2D eigenvalue weighted by Crippen LogP contribution is 2.23. The van der Waals surface area contributed by atoms with Gasteiger partial charge < -0.3 is 11.1 Å². The van der Waals surface area contributed by atoms with Gasteiger partial charge in [-0.05, 0) is 49.4 Å². The first kappa shape index (κ1) is 16.7. The van der Waals surface area contributed by atoms with E-state index in [9.17, 15) is 13.2 Å². The summed E-state index contributed by atoms with van der Waals surface area (Å²) in [5, 5.41) is 11.3. The molecule has 0 aliphatic carbocycles. The SMILES string of the molecule is CC(N)C(=O)Nc1cccc(S(=O)(=O)c2ccc(C#N)cc2)c1. The summed E-state index contributed by atoms with van der Waals surface area (Å²) in [6.45, 7) is 1.53. The lowest BCUT2D eigenvalue weighted by molar-refractivity contribution is -0.117.